The summed E-state index contributed by atoms with van der Waals surface area (Å²) in [7, 11) is 0. The summed E-state index contributed by atoms with van der Waals surface area (Å²) < 4.78 is 5.42. The highest BCUT2D eigenvalue weighted by Crippen LogP contribution is 2.39. The first-order valence-corrected chi connectivity index (χ1v) is 5.74. The van der Waals surface area contributed by atoms with E-state index in [-0.39, 0.29) is 5.92 Å². The Morgan fingerprint density at radius 3 is 2.82 bits per heavy atom. The third-order valence-corrected chi connectivity index (χ3v) is 3.13. The van der Waals surface area contributed by atoms with Gasteiger partial charge in [-0.2, -0.15) is 0 Å². The van der Waals surface area contributed by atoms with Gasteiger partial charge in [-0.3, -0.25) is 0 Å². The van der Waals surface area contributed by atoms with E-state index in [9.17, 15) is 5.11 Å². The molecule has 1 aliphatic rings. The number of hydrogen-bond acceptors (Lipinski definition) is 2. The lowest BCUT2D eigenvalue weighted by Crippen LogP contribution is -2.25. The number of hydrogen-bond donors (Lipinski definition) is 1. The number of aliphatic hydroxyl groups is 1. The van der Waals surface area contributed by atoms with Gasteiger partial charge in [-0.15, -0.1) is 0 Å². The molecule has 2 atom stereocenters. The minimum Gasteiger partial charge on any atom is -0.465 e. The average Bonchev–Trinajstić information content (AvgIpc) is 2.39. The maximum atomic E-state index is 9.76. The largest absolute Gasteiger partial charge is 0.465 e. The topological polar surface area (TPSA) is 29.5 Å². The van der Waals surface area contributed by atoms with Crippen molar-refractivity contribution in [2.75, 3.05) is 0 Å². The summed E-state index contributed by atoms with van der Waals surface area (Å²) in [5, 5.41) is 9.76. The highest BCUT2D eigenvalue weighted by Gasteiger charge is 2.27. The van der Waals surface area contributed by atoms with Crippen LogP contribution in [0.2, 0.25) is 0 Å². The Kier molecular flexibility index (Phi) is 2.57. The van der Waals surface area contributed by atoms with Gasteiger partial charge >= 0.3 is 0 Å². The third kappa shape index (κ3) is 1.92. The van der Waals surface area contributed by atoms with E-state index in [4.69, 9.17) is 4.74 Å². The van der Waals surface area contributed by atoms with Crippen LogP contribution >= 0.6 is 0 Å². The van der Waals surface area contributed by atoms with Crippen LogP contribution in [0.1, 0.15) is 23.5 Å². The number of fused-ring (bicyclic) bond motifs is 1. The van der Waals surface area contributed by atoms with Crippen molar-refractivity contribution in [2.24, 2.45) is 0 Å². The maximum Gasteiger partial charge on any atom is 0.198 e. The molecule has 17 heavy (non-hydrogen) atoms. The normalized spacial score (nSPS) is 22.6. The molecule has 2 unspecified atom stereocenters. The van der Waals surface area contributed by atoms with Gasteiger partial charge in [0.1, 0.15) is 5.75 Å². The van der Waals surface area contributed by atoms with Gasteiger partial charge in [-0.1, -0.05) is 36.4 Å². The third-order valence-electron chi connectivity index (χ3n) is 3.13. The van der Waals surface area contributed by atoms with E-state index >= 15 is 0 Å². The first-order chi connectivity index (χ1) is 8.34. The first-order valence-electron chi connectivity index (χ1n) is 5.74. The van der Waals surface area contributed by atoms with E-state index in [1.54, 1.807) is 6.07 Å². The van der Waals surface area contributed by atoms with Crippen LogP contribution < -0.4 is 4.74 Å². The first kappa shape index (κ1) is 10.4. The molecule has 0 amide bonds. The summed E-state index contributed by atoms with van der Waals surface area (Å²) in [6.07, 6.45) is -0.135. The van der Waals surface area contributed by atoms with Gasteiger partial charge in [0.2, 0.25) is 0 Å². The molecule has 0 saturated carbocycles. The van der Waals surface area contributed by atoms with Crippen LogP contribution in [0, 0.1) is 6.07 Å². The lowest BCUT2D eigenvalue weighted by molar-refractivity contribution is -0.0359. The molecule has 2 heteroatoms. The average molecular weight is 225 g/mol. The minimum absolute atomic E-state index is 0.187. The zero-order chi connectivity index (χ0) is 11.7. The monoisotopic (exact) mass is 225 g/mol. The van der Waals surface area contributed by atoms with E-state index in [2.05, 4.69) is 18.2 Å². The smallest absolute Gasteiger partial charge is 0.198 e. The predicted octanol–water partition coefficient (Wildman–Crippen LogP) is 2.72. The highest BCUT2D eigenvalue weighted by atomic mass is 16.6. The van der Waals surface area contributed by atoms with Crippen LogP contribution in [0.25, 0.3) is 0 Å². The van der Waals surface area contributed by atoms with Gasteiger partial charge in [0.25, 0.3) is 0 Å². The summed E-state index contributed by atoms with van der Waals surface area (Å²) in [5.74, 6) is 0.948. The summed E-state index contributed by atoms with van der Waals surface area (Å²) in [6.45, 7) is 0. The van der Waals surface area contributed by atoms with Crippen molar-refractivity contribution in [2.45, 2.75) is 18.6 Å². The van der Waals surface area contributed by atoms with E-state index in [0.29, 0.717) is 6.42 Å². The Hall–Kier alpha value is -1.80. The minimum atomic E-state index is -0.727. The van der Waals surface area contributed by atoms with Gasteiger partial charge in [-0.25, -0.2) is 0 Å². The summed E-state index contributed by atoms with van der Waals surface area (Å²) in [4.78, 5) is 0. The van der Waals surface area contributed by atoms with Gasteiger partial charge in [0.05, 0.1) is 0 Å². The molecule has 0 fully saturated rings. The van der Waals surface area contributed by atoms with E-state index in [1.807, 2.05) is 30.3 Å². The highest BCUT2D eigenvalue weighted by molar-refractivity contribution is 5.43. The van der Waals surface area contributed by atoms with E-state index in [1.165, 1.54) is 5.56 Å². The second-order valence-corrected chi connectivity index (χ2v) is 4.24. The summed E-state index contributed by atoms with van der Waals surface area (Å²) in [5.41, 5.74) is 2.31. The molecule has 2 aromatic rings. The fraction of sp³-hybridized carbons (Fsp3) is 0.200. The van der Waals surface area contributed by atoms with Gasteiger partial charge in [0.15, 0.2) is 6.29 Å². The van der Waals surface area contributed by atoms with Crippen LogP contribution in [-0.2, 0) is 0 Å². The van der Waals surface area contributed by atoms with Crippen LogP contribution in [-0.4, -0.2) is 11.4 Å². The van der Waals surface area contributed by atoms with E-state index in [0.717, 1.165) is 11.3 Å². The number of aliphatic hydroxyl groups excluding tert-OH is 1. The second kappa shape index (κ2) is 4.22. The molecule has 2 nitrogen and oxygen atoms in total. The molecule has 1 aliphatic heterocycles. The Morgan fingerprint density at radius 1 is 1.18 bits per heavy atom. The molecule has 1 N–H and O–H groups in total. The number of ether oxygens (including phenoxy) is 1. The number of rotatable bonds is 1. The molecule has 1 heterocycles. The van der Waals surface area contributed by atoms with Crippen molar-refractivity contribution in [1.29, 1.82) is 0 Å². The lowest BCUT2D eigenvalue weighted by Gasteiger charge is -2.29. The Bertz CT molecular complexity index is 507. The fourth-order valence-corrected chi connectivity index (χ4v) is 2.33. The van der Waals surface area contributed by atoms with Crippen molar-refractivity contribution >= 4 is 0 Å². The van der Waals surface area contributed by atoms with Crippen LogP contribution in [0.3, 0.4) is 0 Å². The van der Waals surface area contributed by atoms with Crippen molar-refractivity contribution in [3.8, 4) is 5.75 Å². The molecule has 0 aliphatic carbocycles. The van der Waals surface area contributed by atoms with Gasteiger partial charge in [0, 0.05) is 17.9 Å². The predicted molar refractivity (Wildman–Crippen MR) is 64.8 cm³/mol. The van der Waals surface area contributed by atoms with Gasteiger partial charge in [-0.05, 0) is 23.8 Å². The van der Waals surface area contributed by atoms with Gasteiger partial charge < -0.3 is 9.84 Å². The second-order valence-electron chi connectivity index (χ2n) is 4.24. The Morgan fingerprint density at radius 2 is 2.00 bits per heavy atom. The quantitative estimate of drug-likeness (QED) is 0.808. The standard InChI is InChI=1S/C15H13O2/c16-15-10-13(11-6-2-1-3-7-11)12-8-4-5-9-14(12)17-15/h1-3,5-9,13,15-16H,10H2. The molecule has 1 radical (unpaired) electrons. The molecule has 0 spiro atoms. The molecule has 0 aromatic heterocycles. The van der Waals surface area contributed by atoms with Crippen LogP contribution in [0.4, 0.5) is 0 Å². The van der Waals surface area contributed by atoms with E-state index < -0.39 is 6.29 Å². The van der Waals surface area contributed by atoms with Crippen molar-refractivity contribution in [3.05, 3.63) is 65.7 Å². The van der Waals surface area contributed by atoms with Crippen molar-refractivity contribution < 1.29 is 9.84 Å². The molecule has 2 aromatic carbocycles. The Labute approximate surface area is 100 Å². The fourth-order valence-electron chi connectivity index (χ4n) is 2.33. The maximum absolute atomic E-state index is 9.76. The molecule has 85 valence electrons. The molecular formula is C15H13O2. The SMILES string of the molecule is OC1CC(c2ccccc2)c2c[c]ccc2O1. The van der Waals surface area contributed by atoms with Crippen LogP contribution in [0.15, 0.2) is 48.5 Å². The Balaban J connectivity index is 2.07. The van der Waals surface area contributed by atoms with Crippen LogP contribution in [0.5, 0.6) is 5.75 Å². The lowest BCUT2D eigenvalue weighted by atomic mass is 9.86. The van der Waals surface area contributed by atoms with Crippen molar-refractivity contribution in [3.63, 3.8) is 0 Å². The van der Waals surface area contributed by atoms with Crippen molar-refractivity contribution in [1.82, 2.24) is 0 Å². The molecule has 0 saturated heterocycles. The zero-order valence-corrected chi connectivity index (χ0v) is 9.34. The zero-order valence-electron chi connectivity index (χ0n) is 9.34. The summed E-state index contributed by atoms with van der Waals surface area (Å²) >= 11 is 0. The molecular weight excluding hydrogens is 212 g/mol. The summed E-state index contributed by atoms with van der Waals surface area (Å²) in [6, 6.07) is 18.9. The number of benzene rings is 2. The molecule has 0 bridgehead atoms. The molecule has 3 rings (SSSR count).